The van der Waals surface area contributed by atoms with E-state index in [9.17, 15) is 0 Å². The molecular weight excluding hydrogens is 334 g/mol. The number of hydrogen-bond acceptors (Lipinski definition) is 6. The lowest BCUT2D eigenvalue weighted by Crippen LogP contribution is -2.12. The zero-order valence-electron chi connectivity index (χ0n) is 14.3. The fourth-order valence-corrected chi connectivity index (χ4v) is 3.94. The maximum atomic E-state index is 5.44. The van der Waals surface area contributed by atoms with Gasteiger partial charge in [0.25, 0.3) is 0 Å². The number of para-hydroxylation sites is 1. The van der Waals surface area contributed by atoms with E-state index in [4.69, 9.17) is 14.5 Å². The fourth-order valence-electron chi connectivity index (χ4n) is 3.27. The second-order valence-corrected chi connectivity index (χ2v) is 7.28. The Morgan fingerprint density at radius 2 is 1.92 bits per heavy atom. The molecule has 4 rings (SSSR count). The minimum absolute atomic E-state index is 0.487. The lowest BCUT2D eigenvalue weighted by molar-refractivity contribution is 0.422. The molecule has 25 heavy (non-hydrogen) atoms. The highest BCUT2D eigenvalue weighted by Gasteiger charge is 2.23. The first-order valence-corrected chi connectivity index (χ1v) is 9.72. The Kier molecular flexibility index (Phi) is 4.83. The SMILES string of the molecule is Cc1nnc(CSc2nc(C3CCCCC3)n(-c3ccccc3)n2)o1. The van der Waals surface area contributed by atoms with Crippen molar-refractivity contribution < 1.29 is 4.42 Å². The van der Waals surface area contributed by atoms with Crippen molar-refractivity contribution in [3.8, 4) is 5.69 Å². The van der Waals surface area contributed by atoms with Crippen LogP contribution < -0.4 is 0 Å². The maximum absolute atomic E-state index is 5.44. The summed E-state index contributed by atoms with van der Waals surface area (Å²) in [6.45, 7) is 1.80. The topological polar surface area (TPSA) is 69.6 Å². The van der Waals surface area contributed by atoms with Crippen molar-refractivity contribution in [2.24, 2.45) is 0 Å². The smallest absolute Gasteiger partial charge is 0.226 e. The lowest BCUT2D eigenvalue weighted by Gasteiger charge is -2.21. The van der Waals surface area contributed by atoms with Gasteiger partial charge in [-0.05, 0) is 25.0 Å². The first-order chi connectivity index (χ1) is 12.3. The van der Waals surface area contributed by atoms with Gasteiger partial charge >= 0.3 is 0 Å². The molecule has 2 aromatic heterocycles. The molecule has 1 fully saturated rings. The van der Waals surface area contributed by atoms with E-state index < -0.39 is 0 Å². The van der Waals surface area contributed by atoms with Crippen molar-refractivity contribution in [1.82, 2.24) is 25.0 Å². The molecule has 0 radical (unpaired) electrons. The number of aryl methyl sites for hydroxylation is 1. The van der Waals surface area contributed by atoms with E-state index in [1.54, 1.807) is 18.7 Å². The van der Waals surface area contributed by atoms with Crippen LogP contribution in [0.4, 0.5) is 0 Å². The zero-order chi connectivity index (χ0) is 17.1. The van der Waals surface area contributed by atoms with Crippen molar-refractivity contribution >= 4 is 11.8 Å². The quantitative estimate of drug-likeness (QED) is 0.636. The summed E-state index contributed by atoms with van der Waals surface area (Å²) in [4.78, 5) is 4.86. The van der Waals surface area contributed by atoms with Crippen LogP contribution in [0.3, 0.4) is 0 Å². The molecule has 1 aromatic carbocycles. The summed E-state index contributed by atoms with van der Waals surface area (Å²) in [6, 6.07) is 10.3. The van der Waals surface area contributed by atoms with Crippen molar-refractivity contribution in [3.05, 3.63) is 47.9 Å². The third-order valence-electron chi connectivity index (χ3n) is 4.48. The third-order valence-corrected chi connectivity index (χ3v) is 5.30. The van der Waals surface area contributed by atoms with Gasteiger partial charge < -0.3 is 4.42 Å². The van der Waals surface area contributed by atoms with Gasteiger partial charge in [-0.2, -0.15) is 0 Å². The first kappa shape index (κ1) is 16.3. The van der Waals surface area contributed by atoms with Crippen LogP contribution in [0.1, 0.15) is 55.6 Å². The molecular formula is C18H21N5OS. The Hall–Kier alpha value is -2.15. The summed E-state index contributed by atoms with van der Waals surface area (Å²) in [5, 5.41) is 13.4. The molecule has 0 atom stereocenters. The van der Waals surface area contributed by atoms with E-state index in [0.29, 0.717) is 23.5 Å². The highest BCUT2D eigenvalue weighted by molar-refractivity contribution is 7.98. The molecule has 0 bridgehead atoms. The molecule has 0 amide bonds. The molecule has 0 aliphatic heterocycles. The van der Waals surface area contributed by atoms with E-state index >= 15 is 0 Å². The van der Waals surface area contributed by atoms with Gasteiger partial charge in [0.05, 0.1) is 11.4 Å². The molecule has 6 nitrogen and oxygen atoms in total. The second kappa shape index (κ2) is 7.39. The molecule has 0 N–H and O–H groups in total. The molecule has 0 unspecified atom stereocenters. The Labute approximate surface area is 151 Å². The normalized spacial score (nSPS) is 15.6. The summed E-state index contributed by atoms with van der Waals surface area (Å²) < 4.78 is 7.45. The molecule has 3 aromatic rings. The summed E-state index contributed by atoms with van der Waals surface area (Å²) in [6.07, 6.45) is 6.26. The number of rotatable bonds is 5. The number of aromatic nitrogens is 5. The molecule has 1 aliphatic rings. The summed E-state index contributed by atoms with van der Waals surface area (Å²) in [5.41, 5.74) is 1.07. The zero-order valence-corrected chi connectivity index (χ0v) is 15.1. The van der Waals surface area contributed by atoms with Gasteiger partial charge in [0.15, 0.2) is 0 Å². The fraction of sp³-hybridized carbons (Fsp3) is 0.444. The van der Waals surface area contributed by atoms with Gasteiger partial charge in [0.1, 0.15) is 5.82 Å². The van der Waals surface area contributed by atoms with Crippen LogP contribution in [0.25, 0.3) is 5.69 Å². The van der Waals surface area contributed by atoms with E-state index in [1.165, 1.54) is 32.1 Å². The van der Waals surface area contributed by atoms with Crippen LogP contribution in [-0.4, -0.2) is 25.0 Å². The molecule has 1 aliphatic carbocycles. The molecule has 7 heteroatoms. The van der Waals surface area contributed by atoms with E-state index in [0.717, 1.165) is 16.7 Å². The number of nitrogens with zero attached hydrogens (tertiary/aromatic N) is 5. The lowest BCUT2D eigenvalue weighted by atomic mass is 9.88. The second-order valence-electron chi connectivity index (χ2n) is 6.34. The van der Waals surface area contributed by atoms with Gasteiger partial charge in [-0.15, -0.1) is 15.3 Å². The van der Waals surface area contributed by atoms with Gasteiger partial charge in [-0.25, -0.2) is 9.67 Å². The monoisotopic (exact) mass is 355 g/mol. The van der Waals surface area contributed by atoms with Crippen molar-refractivity contribution in [1.29, 1.82) is 0 Å². The molecule has 1 saturated carbocycles. The Morgan fingerprint density at radius 3 is 2.64 bits per heavy atom. The Bertz CT molecular complexity index is 823. The first-order valence-electron chi connectivity index (χ1n) is 8.74. The van der Waals surface area contributed by atoms with Crippen LogP contribution in [0.15, 0.2) is 39.9 Å². The predicted octanol–water partition coefficient (Wildman–Crippen LogP) is 4.30. The number of thioether (sulfide) groups is 1. The standard InChI is InChI=1S/C18H21N5OS/c1-13-20-21-16(24-13)12-25-18-19-17(14-8-4-2-5-9-14)23(22-18)15-10-6-3-7-11-15/h3,6-7,10-11,14H,2,4-5,8-9,12H2,1H3. The predicted molar refractivity (Wildman–Crippen MR) is 95.8 cm³/mol. The number of benzene rings is 1. The molecule has 0 spiro atoms. The van der Waals surface area contributed by atoms with Crippen LogP contribution in [0, 0.1) is 6.92 Å². The average Bonchev–Trinajstić information content (AvgIpc) is 3.28. The van der Waals surface area contributed by atoms with Crippen molar-refractivity contribution in [2.45, 2.75) is 55.9 Å². The molecule has 2 heterocycles. The van der Waals surface area contributed by atoms with Gasteiger partial charge in [-0.3, -0.25) is 0 Å². The summed E-state index contributed by atoms with van der Waals surface area (Å²) in [7, 11) is 0. The maximum Gasteiger partial charge on any atom is 0.226 e. The minimum Gasteiger partial charge on any atom is -0.425 e. The highest BCUT2D eigenvalue weighted by atomic mass is 32.2. The molecule has 0 saturated heterocycles. The minimum atomic E-state index is 0.487. The van der Waals surface area contributed by atoms with Gasteiger partial charge in [0, 0.05) is 12.8 Å². The van der Waals surface area contributed by atoms with Gasteiger partial charge in [-0.1, -0.05) is 49.2 Å². The number of hydrogen-bond donors (Lipinski definition) is 0. The van der Waals surface area contributed by atoms with Gasteiger partial charge in [0.2, 0.25) is 16.9 Å². The Balaban J connectivity index is 1.60. The van der Waals surface area contributed by atoms with Crippen LogP contribution in [0.5, 0.6) is 0 Å². The van der Waals surface area contributed by atoms with Crippen molar-refractivity contribution in [2.75, 3.05) is 0 Å². The van der Waals surface area contributed by atoms with Crippen molar-refractivity contribution in [3.63, 3.8) is 0 Å². The van der Waals surface area contributed by atoms with Crippen LogP contribution in [-0.2, 0) is 5.75 Å². The summed E-state index contributed by atoms with van der Waals surface area (Å²) >= 11 is 1.54. The third kappa shape index (κ3) is 3.76. The van der Waals surface area contributed by atoms with E-state index in [-0.39, 0.29) is 0 Å². The largest absolute Gasteiger partial charge is 0.425 e. The summed E-state index contributed by atoms with van der Waals surface area (Å²) in [5.74, 6) is 3.35. The van der Waals surface area contributed by atoms with E-state index in [2.05, 4.69) is 22.3 Å². The molecule has 130 valence electrons. The highest BCUT2D eigenvalue weighted by Crippen LogP contribution is 2.34. The average molecular weight is 355 g/mol. The Morgan fingerprint density at radius 1 is 1.12 bits per heavy atom. The van der Waals surface area contributed by atoms with Crippen LogP contribution in [0.2, 0.25) is 0 Å². The van der Waals surface area contributed by atoms with Crippen LogP contribution >= 0.6 is 11.8 Å². The van der Waals surface area contributed by atoms with E-state index in [1.807, 2.05) is 22.9 Å².